The minimum atomic E-state index is 0.542. The summed E-state index contributed by atoms with van der Waals surface area (Å²) in [6.07, 6.45) is 3.69. The highest BCUT2D eigenvalue weighted by Crippen LogP contribution is 2.31. The van der Waals surface area contributed by atoms with Crippen LogP contribution in [0.2, 0.25) is 0 Å². The van der Waals surface area contributed by atoms with Gasteiger partial charge >= 0.3 is 0 Å². The van der Waals surface area contributed by atoms with Crippen molar-refractivity contribution in [1.82, 2.24) is 9.97 Å². The molecule has 2 heterocycles. The first kappa shape index (κ1) is 19.4. The van der Waals surface area contributed by atoms with E-state index in [1.165, 1.54) is 0 Å². The molecule has 3 aromatic rings. The Hall–Kier alpha value is -2.93. The normalized spacial score (nSPS) is 12.6. The summed E-state index contributed by atoms with van der Waals surface area (Å²) in [6, 6.07) is 11.9. The van der Waals surface area contributed by atoms with Gasteiger partial charge in [0.1, 0.15) is 23.9 Å². The van der Waals surface area contributed by atoms with Crippen molar-refractivity contribution in [2.24, 2.45) is 4.99 Å². The second-order valence-electron chi connectivity index (χ2n) is 6.75. The molecular weight excluding hydrogens is 432 g/mol. The number of hydrogen-bond acceptors (Lipinski definition) is 6. The maximum atomic E-state index is 5.54. The first-order chi connectivity index (χ1) is 14.1. The molecule has 0 unspecified atom stereocenters. The predicted molar refractivity (Wildman–Crippen MR) is 118 cm³/mol. The van der Waals surface area contributed by atoms with E-state index in [1.807, 2.05) is 42.7 Å². The molecule has 148 valence electrons. The molecule has 1 aliphatic heterocycles. The van der Waals surface area contributed by atoms with Gasteiger partial charge in [0.05, 0.1) is 32.3 Å². The standard InChI is InChI=1S/C22H21BrN4O2/c1-14-4-6-16(23)8-18(14)22-25-11-20-19(26-22)10-24-13-27(20)12-15-5-7-17(28-2)9-21(15)29-3/h4-11H,12-13H2,1-3H3. The molecule has 29 heavy (non-hydrogen) atoms. The third-order valence-electron chi connectivity index (χ3n) is 4.90. The topological polar surface area (TPSA) is 59.8 Å². The lowest BCUT2D eigenvalue weighted by Gasteiger charge is -2.27. The van der Waals surface area contributed by atoms with Crippen LogP contribution in [0.4, 0.5) is 5.69 Å². The first-order valence-corrected chi connectivity index (χ1v) is 9.97. The fourth-order valence-corrected chi connectivity index (χ4v) is 3.68. The highest BCUT2D eigenvalue weighted by molar-refractivity contribution is 9.10. The van der Waals surface area contributed by atoms with Gasteiger partial charge in [0, 0.05) is 28.2 Å². The summed E-state index contributed by atoms with van der Waals surface area (Å²) in [6.45, 7) is 3.23. The van der Waals surface area contributed by atoms with E-state index in [9.17, 15) is 0 Å². The lowest BCUT2D eigenvalue weighted by atomic mass is 10.1. The van der Waals surface area contributed by atoms with Crippen LogP contribution in [-0.4, -0.2) is 37.1 Å². The zero-order chi connectivity index (χ0) is 20.4. The van der Waals surface area contributed by atoms with Crippen LogP contribution in [0, 0.1) is 6.92 Å². The van der Waals surface area contributed by atoms with E-state index in [0.717, 1.165) is 44.0 Å². The van der Waals surface area contributed by atoms with E-state index >= 15 is 0 Å². The van der Waals surface area contributed by atoms with Crippen molar-refractivity contribution < 1.29 is 9.47 Å². The molecular formula is C22H21BrN4O2. The van der Waals surface area contributed by atoms with Crippen molar-refractivity contribution in [3.8, 4) is 22.9 Å². The molecule has 2 aromatic carbocycles. The van der Waals surface area contributed by atoms with Gasteiger partial charge in [-0.1, -0.05) is 22.0 Å². The van der Waals surface area contributed by atoms with Crippen LogP contribution in [-0.2, 0) is 6.54 Å². The van der Waals surface area contributed by atoms with Crippen LogP contribution in [0.1, 0.15) is 16.8 Å². The molecule has 0 spiro atoms. The zero-order valence-corrected chi connectivity index (χ0v) is 18.1. The third kappa shape index (κ3) is 3.96. The molecule has 0 saturated carbocycles. The van der Waals surface area contributed by atoms with Gasteiger partial charge in [0.2, 0.25) is 0 Å². The Morgan fingerprint density at radius 1 is 1.10 bits per heavy atom. The van der Waals surface area contributed by atoms with Gasteiger partial charge in [-0.3, -0.25) is 4.99 Å². The molecule has 0 saturated heterocycles. The number of aryl methyl sites for hydroxylation is 1. The number of benzene rings is 2. The SMILES string of the molecule is COc1ccc(CN2CN=Cc3nc(-c4cc(Br)ccc4C)ncc32)c(OC)c1. The molecule has 1 aliphatic rings. The zero-order valence-electron chi connectivity index (χ0n) is 16.5. The number of aromatic nitrogens is 2. The van der Waals surface area contributed by atoms with Crippen molar-refractivity contribution in [2.45, 2.75) is 13.5 Å². The van der Waals surface area contributed by atoms with E-state index in [4.69, 9.17) is 14.5 Å². The van der Waals surface area contributed by atoms with Crippen molar-refractivity contribution in [2.75, 3.05) is 25.8 Å². The molecule has 0 aliphatic carbocycles. The second-order valence-corrected chi connectivity index (χ2v) is 7.67. The number of rotatable bonds is 5. The third-order valence-corrected chi connectivity index (χ3v) is 5.39. The Morgan fingerprint density at radius 3 is 2.76 bits per heavy atom. The molecule has 0 atom stereocenters. The molecule has 6 nitrogen and oxygen atoms in total. The van der Waals surface area contributed by atoms with E-state index in [-0.39, 0.29) is 0 Å². The molecule has 0 amide bonds. The van der Waals surface area contributed by atoms with Crippen molar-refractivity contribution >= 4 is 27.8 Å². The van der Waals surface area contributed by atoms with Gasteiger partial charge in [-0.15, -0.1) is 0 Å². The Labute approximate surface area is 178 Å². The predicted octanol–water partition coefficient (Wildman–Crippen LogP) is 4.63. The highest BCUT2D eigenvalue weighted by Gasteiger charge is 2.19. The van der Waals surface area contributed by atoms with Crippen LogP contribution < -0.4 is 14.4 Å². The number of aliphatic imine (C=N–C) groups is 1. The number of ether oxygens (including phenoxy) is 2. The Bertz CT molecular complexity index is 1080. The largest absolute Gasteiger partial charge is 0.497 e. The molecule has 0 N–H and O–H groups in total. The van der Waals surface area contributed by atoms with Crippen molar-refractivity contribution in [3.05, 3.63) is 63.9 Å². The summed E-state index contributed by atoms with van der Waals surface area (Å²) in [4.78, 5) is 16.0. The van der Waals surface area contributed by atoms with Crippen LogP contribution >= 0.6 is 15.9 Å². The Morgan fingerprint density at radius 2 is 1.97 bits per heavy atom. The number of methoxy groups -OCH3 is 2. The average molecular weight is 453 g/mol. The van der Waals surface area contributed by atoms with E-state index in [0.29, 0.717) is 19.0 Å². The summed E-state index contributed by atoms with van der Waals surface area (Å²) >= 11 is 3.53. The van der Waals surface area contributed by atoms with E-state index in [2.05, 4.69) is 43.8 Å². The Balaban J connectivity index is 1.66. The van der Waals surface area contributed by atoms with Gasteiger partial charge in [-0.2, -0.15) is 0 Å². The van der Waals surface area contributed by atoms with Crippen LogP contribution in [0.25, 0.3) is 11.4 Å². The molecule has 7 heteroatoms. The van der Waals surface area contributed by atoms with Gasteiger partial charge < -0.3 is 14.4 Å². The van der Waals surface area contributed by atoms with Crippen LogP contribution in [0.5, 0.6) is 11.5 Å². The highest BCUT2D eigenvalue weighted by atomic mass is 79.9. The number of nitrogens with zero attached hydrogens (tertiary/aromatic N) is 4. The molecule has 1 aromatic heterocycles. The second kappa shape index (κ2) is 8.21. The smallest absolute Gasteiger partial charge is 0.160 e. The van der Waals surface area contributed by atoms with E-state index in [1.54, 1.807) is 14.2 Å². The number of hydrogen-bond donors (Lipinski definition) is 0. The summed E-state index contributed by atoms with van der Waals surface area (Å²) in [7, 11) is 3.31. The summed E-state index contributed by atoms with van der Waals surface area (Å²) < 4.78 is 11.8. The monoisotopic (exact) mass is 452 g/mol. The summed E-state index contributed by atoms with van der Waals surface area (Å²) in [5.41, 5.74) is 4.94. The molecule has 0 radical (unpaired) electrons. The summed E-state index contributed by atoms with van der Waals surface area (Å²) in [5, 5.41) is 0. The lowest BCUT2D eigenvalue weighted by Crippen LogP contribution is -2.27. The maximum Gasteiger partial charge on any atom is 0.160 e. The maximum absolute atomic E-state index is 5.54. The van der Waals surface area contributed by atoms with Gasteiger partial charge in [0.25, 0.3) is 0 Å². The fourth-order valence-electron chi connectivity index (χ4n) is 3.32. The Kier molecular flexibility index (Phi) is 5.49. The molecule has 0 bridgehead atoms. The minimum Gasteiger partial charge on any atom is -0.497 e. The molecule has 0 fully saturated rings. The average Bonchev–Trinajstić information content (AvgIpc) is 2.75. The minimum absolute atomic E-state index is 0.542. The lowest BCUT2D eigenvalue weighted by molar-refractivity contribution is 0.390. The number of halogens is 1. The van der Waals surface area contributed by atoms with Crippen molar-refractivity contribution in [3.63, 3.8) is 0 Å². The fraction of sp³-hybridized carbons (Fsp3) is 0.227. The van der Waals surface area contributed by atoms with Gasteiger partial charge in [-0.25, -0.2) is 9.97 Å². The number of anilines is 1. The van der Waals surface area contributed by atoms with Crippen molar-refractivity contribution in [1.29, 1.82) is 0 Å². The molecule has 4 rings (SSSR count). The van der Waals surface area contributed by atoms with E-state index < -0.39 is 0 Å². The van der Waals surface area contributed by atoms with Gasteiger partial charge in [0.15, 0.2) is 5.82 Å². The quantitative estimate of drug-likeness (QED) is 0.564. The van der Waals surface area contributed by atoms with Gasteiger partial charge in [-0.05, 0) is 36.8 Å². The number of fused-ring (bicyclic) bond motifs is 1. The van der Waals surface area contributed by atoms with Crippen LogP contribution in [0.3, 0.4) is 0 Å². The van der Waals surface area contributed by atoms with Crippen LogP contribution in [0.15, 0.2) is 52.1 Å². The summed E-state index contributed by atoms with van der Waals surface area (Å²) in [5.74, 6) is 2.24. The first-order valence-electron chi connectivity index (χ1n) is 9.18.